The average molecular weight is 567 g/mol. The fourth-order valence-corrected chi connectivity index (χ4v) is 12.7. The molecule has 0 spiro atoms. The minimum Gasteiger partial charge on any atom is -0.479 e. The lowest BCUT2D eigenvalue weighted by Gasteiger charge is -2.42. The zero-order valence-corrected chi connectivity index (χ0v) is 25.8. The number of carbonyl (C=O) groups excluding carboxylic acids is 2. The number of aromatic nitrogens is 4. The molecule has 0 fully saturated rings. The summed E-state index contributed by atoms with van der Waals surface area (Å²) < 4.78 is 7.33. The van der Waals surface area contributed by atoms with Crippen LogP contribution in [0.15, 0.2) is 18.5 Å². The Hall–Kier alpha value is -1.64. The van der Waals surface area contributed by atoms with Gasteiger partial charge in [0.1, 0.15) is 11.3 Å². The van der Waals surface area contributed by atoms with E-state index in [9.17, 15) is 9.59 Å². The molecule has 2 N–H and O–H groups in total. The highest BCUT2D eigenvalue weighted by Gasteiger charge is 2.60. The molecule has 0 bridgehead atoms. The van der Waals surface area contributed by atoms with E-state index in [4.69, 9.17) is 35.7 Å². The van der Waals surface area contributed by atoms with E-state index in [1.807, 2.05) is 46.1 Å². The van der Waals surface area contributed by atoms with Gasteiger partial charge in [-0.05, 0) is 6.08 Å². The first-order valence-electron chi connectivity index (χ1n) is 12.5. The fourth-order valence-electron chi connectivity index (χ4n) is 5.27. The fraction of sp³-hybridized carbons (Fsp3) is 0.654. The number of carbonyl (C=O) groups is 2. The normalized spacial score (nSPS) is 20.3. The molecule has 37 heavy (non-hydrogen) atoms. The first kappa shape index (κ1) is 29.9. The highest BCUT2D eigenvalue weighted by Crippen LogP contribution is 2.72. The van der Waals surface area contributed by atoms with Crippen LogP contribution < -0.4 is 10.5 Å². The summed E-state index contributed by atoms with van der Waals surface area (Å²) in [4.78, 5) is 40.7. The number of nitrogen functional groups attached to an aromatic ring is 1. The smallest absolute Gasteiger partial charge is 0.246 e. The number of thiol groups is 2. The third-order valence-electron chi connectivity index (χ3n) is 7.48. The van der Waals surface area contributed by atoms with E-state index < -0.39 is 18.1 Å². The summed E-state index contributed by atoms with van der Waals surface area (Å²) in [6.07, 6.45) is 6.75. The summed E-state index contributed by atoms with van der Waals surface area (Å²) in [5.74, 6) is 1.54. The number of ketones is 2. The lowest BCUT2D eigenvalue weighted by atomic mass is 9.89. The van der Waals surface area contributed by atoms with E-state index in [1.165, 1.54) is 7.11 Å². The molecule has 0 aliphatic heterocycles. The molecule has 4 atom stereocenters. The van der Waals surface area contributed by atoms with Crippen molar-refractivity contribution < 1.29 is 14.3 Å². The van der Waals surface area contributed by atoms with E-state index in [-0.39, 0.29) is 40.5 Å². The molecule has 1 aliphatic rings. The molecule has 2 aromatic heterocycles. The summed E-state index contributed by atoms with van der Waals surface area (Å²) in [5.41, 5.74) is 5.35. The van der Waals surface area contributed by atoms with Crippen molar-refractivity contribution in [2.45, 2.75) is 71.0 Å². The van der Waals surface area contributed by atoms with E-state index in [2.05, 4.69) is 33.8 Å². The molecule has 0 radical (unpaired) electrons. The van der Waals surface area contributed by atoms with Crippen LogP contribution in [-0.2, 0) is 9.59 Å². The van der Waals surface area contributed by atoms with Gasteiger partial charge in [-0.2, -0.15) is 35.2 Å². The summed E-state index contributed by atoms with van der Waals surface area (Å²) in [7, 11) is -0.798. The van der Waals surface area contributed by atoms with Gasteiger partial charge in [-0.1, -0.05) is 47.6 Å². The van der Waals surface area contributed by atoms with Crippen LogP contribution in [-0.4, -0.2) is 73.3 Å². The van der Waals surface area contributed by atoms with Gasteiger partial charge in [0.2, 0.25) is 11.8 Å². The Labute approximate surface area is 231 Å². The van der Waals surface area contributed by atoms with Gasteiger partial charge in [-0.15, -0.1) is 0 Å². The number of nitrogens with zero attached hydrogens (tertiary/aromatic N) is 4. The average Bonchev–Trinajstić information content (AvgIpc) is 3.45. The highest BCUT2D eigenvalue weighted by atomic mass is 32.1. The number of ether oxygens (including phenoxy) is 1. The summed E-state index contributed by atoms with van der Waals surface area (Å²) in [6.45, 7) is 13.9. The monoisotopic (exact) mass is 566 g/mol. The standard InChI is InChI=1S/C26H40N5O3PS2/c1-25(2,3)20(32)17(12-36)35(8,18(13-37)21(33)26(4,5)6)16-10-9-15(11-16)31-14-28-19-22(31)29-24(27)30-23(19)34-7/h9-10,14-18H,11-13H2,1-8H3,(H3-,27,29,30,36,37)/p+1/t15-,16+,17+,18+/m0/s1. The number of fused-ring (bicyclic) bond motifs is 1. The highest BCUT2D eigenvalue weighted by molar-refractivity contribution is 7.85. The zero-order valence-electron chi connectivity index (χ0n) is 23.1. The van der Waals surface area contributed by atoms with Crippen molar-refractivity contribution in [2.75, 3.05) is 31.0 Å². The number of anilines is 1. The molecule has 204 valence electrons. The van der Waals surface area contributed by atoms with Gasteiger partial charge in [-0.3, -0.25) is 9.59 Å². The molecule has 11 heteroatoms. The molecule has 0 saturated carbocycles. The predicted molar refractivity (Wildman–Crippen MR) is 160 cm³/mol. The van der Waals surface area contributed by atoms with Crippen molar-refractivity contribution in [1.82, 2.24) is 19.5 Å². The number of nitrogens with two attached hydrogens (primary N) is 1. The van der Waals surface area contributed by atoms with Gasteiger partial charge >= 0.3 is 0 Å². The van der Waals surface area contributed by atoms with Crippen LogP contribution in [0, 0.1) is 10.8 Å². The van der Waals surface area contributed by atoms with E-state index in [1.54, 1.807) is 6.33 Å². The lowest BCUT2D eigenvalue weighted by molar-refractivity contribution is -0.125. The number of allylic oxidation sites excluding steroid dienone is 2. The molecule has 0 aromatic carbocycles. The second-order valence-electron chi connectivity index (χ2n) is 12.0. The van der Waals surface area contributed by atoms with Crippen LogP contribution in [0.4, 0.5) is 5.95 Å². The molecule has 8 nitrogen and oxygen atoms in total. The summed E-state index contributed by atoms with van der Waals surface area (Å²) >= 11 is 9.40. The molecule has 0 amide bonds. The van der Waals surface area contributed by atoms with Crippen molar-refractivity contribution in [1.29, 1.82) is 0 Å². The second-order valence-corrected chi connectivity index (χ2v) is 17.1. The Kier molecular flexibility index (Phi) is 8.77. The molecule has 2 aromatic rings. The number of hydrogen-bond donors (Lipinski definition) is 3. The number of imidazole rings is 1. The zero-order chi connectivity index (χ0) is 27.9. The quantitative estimate of drug-likeness (QED) is 0.228. The molecular formula is C26H41N5O3PS2+. The lowest BCUT2D eigenvalue weighted by Crippen LogP contribution is -2.46. The van der Waals surface area contributed by atoms with Crippen molar-refractivity contribution in [2.24, 2.45) is 10.8 Å². The Balaban J connectivity index is 2.10. The van der Waals surface area contributed by atoms with Gasteiger partial charge in [-0.25, -0.2) is 4.98 Å². The molecule has 1 aliphatic carbocycles. The van der Waals surface area contributed by atoms with Gasteiger partial charge in [0.05, 0.1) is 31.8 Å². The first-order valence-corrected chi connectivity index (χ1v) is 16.2. The SMILES string of the molecule is COc1nc(N)nc2c1ncn2[C@H]1C=C[C@@H]([P+](C)([C@H](CS)C(=O)C(C)(C)C)[C@H](CS)C(=O)C(C)(C)C)C1. The van der Waals surface area contributed by atoms with Gasteiger partial charge < -0.3 is 15.0 Å². The second kappa shape index (κ2) is 10.9. The van der Waals surface area contributed by atoms with Gasteiger partial charge in [0, 0.05) is 36.0 Å². The number of hydrogen-bond acceptors (Lipinski definition) is 9. The van der Waals surface area contributed by atoms with E-state index >= 15 is 0 Å². The van der Waals surface area contributed by atoms with Crippen LogP contribution in [0.5, 0.6) is 5.88 Å². The Morgan fingerprint density at radius 2 is 1.62 bits per heavy atom. The molecule has 0 unspecified atom stereocenters. The Morgan fingerprint density at radius 1 is 1.08 bits per heavy atom. The van der Waals surface area contributed by atoms with E-state index in [0.717, 1.165) is 0 Å². The van der Waals surface area contributed by atoms with Crippen molar-refractivity contribution in [3.63, 3.8) is 0 Å². The van der Waals surface area contributed by atoms with Crippen LogP contribution in [0.3, 0.4) is 0 Å². The van der Waals surface area contributed by atoms with Crippen molar-refractivity contribution in [3.8, 4) is 5.88 Å². The van der Waals surface area contributed by atoms with Crippen molar-refractivity contribution in [3.05, 3.63) is 18.5 Å². The molecule has 3 rings (SSSR count). The van der Waals surface area contributed by atoms with Gasteiger partial charge in [0.25, 0.3) is 0 Å². The first-order chi connectivity index (χ1) is 17.1. The maximum absolute atomic E-state index is 13.8. The van der Waals surface area contributed by atoms with Gasteiger partial charge in [0.15, 0.2) is 22.7 Å². The maximum atomic E-state index is 13.8. The number of rotatable bonds is 9. The van der Waals surface area contributed by atoms with Crippen LogP contribution in [0.2, 0.25) is 0 Å². The Bertz CT molecular complexity index is 1170. The topological polar surface area (TPSA) is 113 Å². The minimum absolute atomic E-state index is 0.0305. The third-order valence-corrected chi connectivity index (χ3v) is 14.1. The molecular weight excluding hydrogens is 525 g/mol. The van der Waals surface area contributed by atoms with Crippen molar-refractivity contribution >= 4 is 61.2 Å². The molecule has 0 saturated heterocycles. The third kappa shape index (κ3) is 5.57. The number of methoxy groups -OCH3 is 1. The van der Waals surface area contributed by atoms with E-state index in [0.29, 0.717) is 35.0 Å². The predicted octanol–water partition coefficient (Wildman–Crippen LogP) is 4.76. The van der Waals surface area contributed by atoms with Crippen LogP contribution in [0.25, 0.3) is 11.2 Å². The number of Topliss-reactive ketones (excluding diaryl/α,β-unsaturated/α-hetero) is 2. The minimum atomic E-state index is -2.32. The summed E-state index contributed by atoms with van der Waals surface area (Å²) in [5, 5.41) is 0. The maximum Gasteiger partial charge on any atom is 0.246 e. The van der Waals surface area contributed by atoms with Crippen LogP contribution in [0.1, 0.15) is 54.0 Å². The Morgan fingerprint density at radius 3 is 2.08 bits per heavy atom. The summed E-state index contributed by atoms with van der Waals surface area (Å²) in [6, 6.07) is -0.0658. The van der Waals surface area contributed by atoms with Crippen LogP contribution >= 0.6 is 32.5 Å². The largest absolute Gasteiger partial charge is 0.479 e. The molecule has 2 heterocycles.